The Morgan fingerprint density at radius 3 is 2.62 bits per heavy atom. The van der Waals surface area contributed by atoms with E-state index in [0.29, 0.717) is 6.04 Å². The molecule has 0 radical (unpaired) electrons. The Morgan fingerprint density at radius 1 is 0.857 bits per heavy atom. The van der Waals surface area contributed by atoms with Gasteiger partial charge in [0.05, 0.1) is 36.2 Å². The number of nitrogens with zero attached hydrogens (tertiary/aromatic N) is 6. The van der Waals surface area contributed by atoms with Gasteiger partial charge in [-0.25, -0.2) is 0 Å². The van der Waals surface area contributed by atoms with Crippen LogP contribution in [0, 0.1) is 0 Å². The Kier molecular flexibility index (Phi) is 8.77. The van der Waals surface area contributed by atoms with Gasteiger partial charge < -0.3 is 19.5 Å². The molecule has 0 amide bonds. The molecule has 2 fully saturated rings. The van der Waals surface area contributed by atoms with E-state index in [0.717, 1.165) is 104 Å². The molecule has 0 bridgehead atoms. The summed E-state index contributed by atoms with van der Waals surface area (Å²) in [6.07, 6.45) is 8.69. The third kappa shape index (κ3) is 5.96. The standard InChI is InChI=1S/C34H45N7O/c1-2-9-31-28(8-1)29-11-13-36-30(34(29)41(31)21-20-39-22-24-42-25-23-39)26-40(17-5-16-38-18-14-35-15-19-38)32-10-3-6-27-7-4-12-37-33(27)32/h1-2,4,7-9,11-13,32,35H,3,5-6,10,14-26H2. The molecule has 0 spiro atoms. The van der Waals surface area contributed by atoms with Gasteiger partial charge in [-0.3, -0.25) is 19.8 Å². The minimum Gasteiger partial charge on any atom is -0.379 e. The Hall–Kier alpha value is -2.88. The SMILES string of the molecule is c1cnc2c(c1)CCCC2N(CCCN1CCNCC1)Cc1nccc2c3ccccc3n(CCN3CCOCC3)c12. The van der Waals surface area contributed by atoms with Gasteiger partial charge in [0.1, 0.15) is 0 Å². The first-order valence-corrected chi connectivity index (χ1v) is 16.1. The van der Waals surface area contributed by atoms with Crippen molar-refractivity contribution in [3.8, 4) is 0 Å². The molecule has 1 unspecified atom stereocenters. The van der Waals surface area contributed by atoms with Crippen LogP contribution in [0.3, 0.4) is 0 Å². The molecule has 3 aromatic heterocycles. The van der Waals surface area contributed by atoms with E-state index in [1.54, 1.807) is 0 Å². The second-order valence-corrected chi connectivity index (χ2v) is 12.1. The lowest BCUT2D eigenvalue weighted by molar-refractivity contribution is 0.0366. The summed E-state index contributed by atoms with van der Waals surface area (Å²) in [6, 6.07) is 15.8. The molecule has 4 aromatic rings. The van der Waals surface area contributed by atoms with Crippen LogP contribution in [0.2, 0.25) is 0 Å². The average molecular weight is 568 g/mol. The zero-order chi connectivity index (χ0) is 28.1. The fraction of sp³-hybridized carbons (Fsp3) is 0.529. The van der Waals surface area contributed by atoms with Gasteiger partial charge in [-0.15, -0.1) is 0 Å². The van der Waals surface area contributed by atoms with Crippen LogP contribution in [0.4, 0.5) is 0 Å². The number of piperazine rings is 1. The van der Waals surface area contributed by atoms with Crippen molar-refractivity contribution >= 4 is 21.8 Å². The fourth-order valence-corrected chi connectivity index (χ4v) is 7.40. The van der Waals surface area contributed by atoms with E-state index in [2.05, 4.69) is 67.0 Å². The van der Waals surface area contributed by atoms with Crippen LogP contribution in [0.5, 0.6) is 0 Å². The highest BCUT2D eigenvalue weighted by Crippen LogP contribution is 2.36. The molecule has 3 aliphatic rings. The molecule has 2 aliphatic heterocycles. The van der Waals surface area contributed by atoms with Crippen molar-refractivity contribution in [1.29, 1.82) is 0 Å². The number of ether oxygens (including phenoxy) is 1. The first-order chi connectivity index (χ1) is 20.8. The van der Waals surface area contributed by atoms with Crippen LogP contribution in [0.25, 0.3) is 21.8 Å². The van der Waals surface area contributed by atoms with Crippen molar-refractivity contribution in [2.75, 3.05) is 72.1 Å². The number of rotatable bonds is 10. The number of benzene rings is 1. The van der Waals surface area contributed by atoms with Crippen molar-refractivity contribution in [2.24, 2.45) is 0 Å². The van der Waals surface area contributed by atoms with Gasteiger partial charge in [-0.05, 0) is 56.0 Å². The smallest absolute Gasteiger partial charge is 0.0787 e. The minimum atomic E-state index is 0.334. The second-order valence-electron chi connectivity index (χ2n) is 12.1. The summed E-state index contributed by atoms with van der Waals surface area (Å²) < 4.78 is 8.17. The number of morpholine rings is 1. The van der Waals surface area contributed by atoms with Crippen LogP contribution in [-0.2, 0) is 24.2 Å². The van der Waals surface area contributed by atoms with Crippen molar-refractivity contribution < 1.29 is 4.74 Å². The zero-order valence-electron chi connectivity index (χ0n) is 24.9. The Balaban J connectivity index is 1.22. The molecule has 1 atom stereocenters. The van der Waals surface area contributed by atoms with Crippen LogP contribution in [0.15, 0.2) is 54.9 Å². The first kappa shape index (κ1) is 27.9. The average Bonchev–Trinajstić information content (AvgIpc) is 3.38. The number of hydrogen-bond acceptors (Lipinski definition) is 7. The summed E-state index contributed by atoms with van der Waals surface area (Å²) >= 11 is 0. The molecule has 1 N–H and O–H groups in total. The van der Waals surface area contributed by atoms with E-state index in [1.807, 2.05) is 12.4 Å². The molecule has 1 aromatic carbocycles. The third-order valence-corrected chi connectivity index (χ3v) is 9.59. The lowest BCUT2D eigenvalue weighted by atomic mass is 9.90. The molecule has 8 heteroatoms. The summed E-state index contributed by atoms with van der Waals surface area (Å²) in [7, 11) is 0. The van der Waals surface area contributed by atoms with E-state index in [9.17, 15) is 0 Å². The highest BCUT2D eigenvalue weighted by Gasteiger charge is 2.29. The quantitative estimate of drug-likeness (QED) is 0.310. The van der Waals surface area contributed by atoms with Gasteiger partial charge in [0, 0.05) is 94.1 Å². The summed E-state index contributed by atoms with van der Waals surface area (Å²) in [5.74, 6) is 0. The molecule has 2 saturated heterocycles. The fourth-order valence-electron chi connectivity index (χ4n) is 7.40. The molecular formula is C34H45N7O. The van der Waals surface area contributed by atoms with Crippen LogP contribution in [0.1, 0.15) is 42.3 Å². The predicted molar refractivity (Wildman–Crippen MR) is 169 cm³/mol. The predicted octanol–water partition coefficient (Wildman–Crippen LogP) is 4.09. The number of para-hydroxylation sites is 1. The number of fused-ring (bicyclic) bond motifs is 4. The maximum Gasteiger partial charge on any atom is 0.0787 e. The molecule has 0 saturated carbocycles. The van der Waals surface area contributed by atoms with Crippen LogP contribution in [-0.4, -0.2) is 101 Å². The second kappa shape index (κ2) is 13.2. The Labute approximate surface area is 249 Å². The third-order valence-electron chi connectivity index (χ3n) is 9.59. The molecule has 222 valence electrons. The van der Waals surface area contributed by atoms with E-state index < -0.39 is 0 Å². The van der Waals surface area contributed by atoms with Gasteiger partial charge in [0.2, 0.25) is 0 Å². The Bertz CT molecular complexity index is 1470. The van der Waals surface area contributed by atoms with E-state index in [-0.39, 0.29) is 0 Å². The molecule has 5 heterocycles. The normalized spacial score (nSPS) is 20.5. The van der Waals surface area contributed by atoms with E-state index >= 15 is 0 Å². The summed E-state index contributed by atoms with van der Waals surface area (Å²) in [4.78, 5) is 17.9. The molecular weight excluding hydrogens is 522 g/mol. The van der Waals surface area contributed by atoms with Crippen molar-refractivity contribution in [2.45, 2.75) is 44.8 Å². The highest BCUT2D eigenvalue weighted by molar-refractivity contribution is 6.08. The number of aromatic nitrogens is 3. The van der Waals surface area contributed by atoms with Crippen LogP contribution < -0.4 is 5.32 Å². The lowest BCUT2D eigenvalue weighted by Gasteiger charge is -2.36. The number of nitrogens with one attached hydrogen (secondary N) is 1. The Morgan fingerprint density at radius 2 is 1.71 bits per heavy atom. The van der Waals surface area contributed by atoms with Gasteiger partial charge in [-0.2, -0.15) is 0 Å². The summed E-state index contributed by atoms with van der Waals surface area (Å²) in [5.41, 5.74) is 6.51. The largest absolute Gasteiger partial charge is 0.379 e. The number of aryl methyl sites for hydroxylation is 1. The van der Waals surface area contributed by atoms with E-state index in [1.165, 1.54) is 45.2 Å². The monoisotopic (exact) mass is 567 g/mol. The topological polar surface area (TPSA) is 61.7 Å². The molecule has 42 heavy (non-hydrogen) atoms. The molecule has 8 nitrogen and oxygen atoms in total. The summed E-state index contributed by atoms with van der Waals surface area (Å²) in [5, 5.41) is 6.14. The van der Waals surface area contributed by atoms with E-state index in [4.69, 9.17) is 14.7 Å². The molecule has 7 rings (SSSR count). The van der Waals surface area contributed by atoms with Gasteiger partial charge in [-0.1, -0.05) is 24.3 Å². The van der Waals surface area contributed by atoms with Crippen molar-refractivity contribution in [3.63, 3.8) is 0 Å². The minimum absolute atomic E-state index is 0.334. The maximum atomic E-state index is 5.62. The van der Waals surface area contributed by atoms with Gasteiger partial charge >= 0.3 is 0 Å². The van der Waals surface area contributed by atoms with Gasteiger partial charge in [0.25, 0.3) is 0 Å². The number of hydrogen-bond donors (Lipinski definition) is 1. The highest BCUT2D eigenvalue weighted by atomic mass is 16.5. The first-order valence-electron chi connectivity index (χ1n) is 16.1. The zero-order valence-corrected chi connectivity index (χ0v) is 24.9. The molecule has 1 aliphatic carbocycles. The van der Waals surface area contributed by atoms with Crippen molar-refractivity contribution in [1.82, 2.24) is 34.6 Å². The number of pyridine rings is 2. The van der Waals surface area contributed by atoms with Crippen LogP contribution >= 0.6 is 0 Å². The maximum absolute atomic E-state index is 5.62. The summed E-state index contributed by atoms with van der Waals surface area (Å²) in [6.45, 7) is 13.2. The lowest BCUT2D eigenvalue weighted by Crippen LogP contribution is -2.44. The van der Waals surface area contributed by atoms with Gasteiger partial charge in [0.15, 0.2) is 0 Å². The van der Waals surface area contributed by atoms with Crippen molar-refractivity contribution in [3.05, 3.63) is 71.8 Å².